The minimum Gasteiger partial charge on any atom is -0.453 e. The molecule has 0 radical (unpaired) electrons. The second-order valence-electron chi connectivity index (χ2n) is 8.35. The van der Waals surface area contributed by atoms with Crippen LogP contribution in [0.2, 0.25) is 0 Å². The Morgan fingerprint density at radius 1 is 1.00 bits per heavy atom. The van der Waals surface area contributed by atoms with Crippen LogP contribution < -0.4 is 5.32 Å². The van der Waals surface area contributed by atoms with E-state index >= 15 is 0 Å². The average Bonchev–Trinajstić information content (AvgIpc) is 3.47. The van der Waals surface area contributed by atoms with Crippen molar-refractivity contribution in [1.82, 2.24) is 9.88 Å². The maximum Gasteiger partial charge on any atom is 0.409 e. The Kier molecular flexibility index (Phi) is 5.47. The van der Waals surface area contributed by atoms with Crippen LogP contribution in [-0.2, 0) is 17.7 Å². The molecule has 0 unspecified atom stereocenters. The smallest absolute Gasteiger partial charge is 0.409 e. The maximum absolute atomic E-state index is 13.3. The molecule has 8 heteroatoms. The van der Waals surface area contributed by atoms with Crippen LogP contribution in [0.3, 0.4) is 0 Å². The Labute approximate surface area is 209 Å². The number of methoxy groups -OCH3 is 1. The zero-order valence-corrected chi connectivity index (χ0v) is 20.5. The number of thiophene rings is 1. The molecular formula is C27H21N3O3S2. The minimum atomic E-state index is -0.340. The number of fused-ring (bicyclic) bond motifs is 3. The standard InChI is InChI=1S/C27H21N3O3S2/c1-33-27(32)30-13-12-19-22(15-30)35-26(23(19)25-28-20-8-4-5-9-21(20)34-25)29-24(31)18-11-10-16-6-2-3-7-17(16)14-18/h2-11,14H,12-13,15H2,1H3,(H,29,31). The van der Waals surface area contributed by atoms with E-state index in [4.69, 9.17) is 9.72 Å². The van der Waals surface area contributed by atoms with Crippen molar-refractivity contribution in [2.24, 2.45) is 0 Å². The summed E-state index contributed by atoms with van der Waals surface area (Å²) in [7, 11) is 1.40. The number of para-hydroxylation sites is 1. The molecule has 2 aromatic heterocycles. The fourth-order valence-electron chi connectivity index (χ4n) is 4.49. The predicted octanol–water partition coefficient (Wildman–Crippen LogP) is 6.55. The summed E-state index contributed by atoms with van der Waals surface area (Å²) in [6.07, 6.45) is 0.338. The number of thiazole rings is 1. The lowest BCUT2D eigenvalue weighted by atomic mass is 10.0. The Morgan fingerprint density at radius 2 is 1.80 bits per heavy atom. The molecule has 6 nitrogen and oxygen atoms in total. The molecule has 3 aromatic carbocycles. The Balaban J connectivity index is 1.41. The first kappa shape index (κ1) is 21.8. The van der Waals surface area contributed by atoms with Gasteiger partial charge < -0.3 is 15.0 Å². The van der Waals surface area contributed by atoms with Crippen molar-refractivity contribution in [3.63, 3.8) is 0 Å². The molecule has 1 aliphatic rings. The monoisotopic (exact) mass is 499 g/mol. The highest BCUT2D eigenvalue weighted by Crippen LogP contribution is 2.46. The van der Waals surface area contributed by atoms with Gasteiger partial charge in [-0.15, -0.1) is 22.7 Å². The zero-order valence-electron chi connectivity index (χ0n) is 18.9. The van der Waals surface area contributed by atoms with Gasteiger partial charge in [-0.25, -0.2) is 9.78 Å². The number of anilines is 1. The van der Waals surface area contributed by atoms with E-state index in [0.29, 0.717) is 25.1 Å². The number of ether oxygens (including phenoxy) is 1. The second-order valence-corrected chi connectivity index (χ2v) is 10.5. The number of carbonyl (C=O) groups is 2. The zero-order chi connectivity index (χ0) is 23.9. The summed E-state index contributed by atoms with van der Waals surface area (Å²) in [5.41, 5.74) is 3.64. The Hall–Kier alpha value is -3.75. The molecule has 174 valence electrons. The molecule has 0 saturated heterocycles. The molecule has 6 rings (SSSR count). The first-order valence-corrected chi connectivity index (χ1v) is 12.9. The fourth-order valence-corrected chi connectivity index (χ4v) is 6.86. The van der Waals surface area contributed by atoms with Crippen molar-refractivity contribution >= 4 is 60.7 Å². The highest BCUT2D eigenvalue weighted by Gasteiger charge is 2.30. The van der Waals surface area contributed by atoms with Gasteiger partial charge >= 0.3 is 6.09 Å². The molecular weight excluding hydrogens is 478 g/mol. The van der Waals surface area contributed by atoms with Gasteiger partial charge in [-0.3, -0.25) is 4.79 Å². The normalized spacial score (nSPS) is 13.1. The third-order valence-electron chi connectivity index (χ3n) is 6.24. The van der Waals surface area contributed by atoms with E-state index in [9.17, 15) is 9.59 Å². The lowest BCUT2D eigenvalue weighted by Crippen LogP contribution is -2.35. The van der Waals surface area contributed by atoms with Crippen molar-refractivity contribution in [2.75, 3.05) is 19.0 Å². The van der Waals surface area contributed by atoms with Gasteiger partial charge in [0.2, 0.25) is 0 Å². The SMILES string of the molecule is COC(=O)N1CCc2c(sc(NC(=O)c3ccc4ccccc4c3)c2-c2nc3ccccc3s2)C1. The number of nitrogens with one attached hydrogen (secondary N) is 1. The summed E-state index contributed by atoms with van der Waals surface area (Å²) >= 11 is 3.13. The summed E-state index contributed by atoms with van der Waals surface area (Å²) in [4.78, 5) is 33.1. The average molecular weight is 500 g/mol. The molecule has 2 amide bonds. The maximum atomic E-state index is 13.3. The van der Waals surface area contributed by atoms with Crippen molar-refractivity contribution in [1.29, 1.82) is 0 Å². The molecule has 5 aromatic rings. The predicted molar refractivity (Wildman–Crippen MR) is 141 cm³/mol. The number of amides is 2. The van der Waals surface area contributed by atoms with E-state index in [0.717, 1.165) is 47.0 Å². The van der Waals surface area contributed by atoms with E-state index in [2.05, 4.69) is 11.4 Å². The molecule has 1 N–H and O–H groups in total. The van der Waals surface area contributed by atoms with Gasteiger partial charge in [-0.05, 0) is 47.0 Å². The van der Waals surface area contributed by atoms with Gasteiger partial charge in [0, 0.05) is 22.5 Å². The second kappa shape index (κ2) is 8.79. The summed E-state index contributed by atoms with van der Waals surface area (Å²) in [6, 6.07) is 21.8. The highest BCUT2D eigenvalue weighted by molar-refractivity contribution is 7.23. The van der Waals surface area contributed by atoms with E-state index < -0.39 is 0 Å². The molecule has 0 fully saturated rings. The molecule has 3 heterocycles. The number of hydrogen-bond donors (Lipinski definition) is 1. The number of rotatable bonds is 3. The molecule has 0 spiro atoms. The number of nitrogens with zero attached hydrogens (tertiary/aromatic N) is 2. The highest BCUT2D eigenvalue weighted by atomic mass is 32.1. The third kappa shape index (κ3) is 3.94. The first-order valence-electron chi connectivity index (χ1n) is 11.2. The number of benzene rings is 3. The summed E-state index contributed by atoms with van der Waals surface area (Å²) in [6.45, 7) is 1.02. The first-order chi connectivity index (χ1) is 17.1. The Bertz CT molecular complexity index is 1570. The van der Waals surface area contributed by atoms with Crippen molar-refractivity contribution in [3.8, 4) is 10.6 Å². The minimum absolute atomic E-state index is 0.165. The molecule has 0 saturated carbocycles. The van der Waals surface area contributed by atoms with Crippen LogP contribution in [0.5, 0.6) is 0 Å². The van der Waals surface area contributed by atoms with E-state index in [1.807, 2.05) is 60.7 Å². The molecule has 0 aliphatic carbocycles. The molecule has 1 aliphatic heterocycles. The number of hydrogen-bond acceptors (Lipinski definition) is 6. The van der Waals surface area contributed by atoms with Crippen LogP contribution in [-0.4, -0.2) is 35.5 Å². The molecule has 0 atom stereocenters. The number of aromatic nitrogens is 1. The quantitative estimate of drug-likeness (QED) is 0.305. The van der Waals surface area contributed by atoms with Crippen molar-refractivity contribution in [2.45, 2.75) is 13.0 Å². The van der Waals surface area contributed by atoms with Crippen LogP contribution in [0.15, 0.2) is 66.7 Å². The topological polar surface area (TPSA) is 71.5 Å². The Morgan fingerprint density at radius 3 is 2.63 bits per heavy atom. The van der Waals surface area contributed by atoms with Crippen LogP contribution in [0.1, 0.15) is 20.8 Å². The van der Waals surface area contributed by atoms with Gasteiger partial charge in [-0.1, -0.05) is 42.5 Å². The number of carbonyl (C=O) groups excluding carboxylic acids is 2. The third-order valence-corrected chi connectivity index (χ3v) is 8.42. The largest absolute Gasteiger partial charge is 0.453 e. The van der Waals surface area contributed by atoms with Gasteiger partial charge in [0.15, 0.2) is 0 Å². The van der Waals surface area contributed by atoms with Gasteiger partial charge in [-0.2, -0.15) is 0 Å². The fraction of sp³-hybridized carbons (Fsp3) is 0.148. The van der Waals surface area contributed by atoms with Crippen molar-refractivity contribution in [3.05, 3.63) is 82.7 Å². The summed E-state index contributed by atoms with van der Waals surface area (Å²) in [5, 5.41) is 6.91. The van der Waals surface area contributed by atoms with E-state index in [1.165, 1.54) is 18.4 Å². The summed E-state index contributed by atoms with van der Waals surface area (Å²) in [5.74, 6) is -0.165. The van der Waals surface area contributed by atoms with Gasteiger partial charge in [0.05, 0.1) is 23.9 Å². The van der Waals surface area contributed by atoms with Crippen LogP contribution in [0, 0.1) is 0 Å². The lowest BCUT2D eigenvalue weighted by Gasteiger charge is -2.25. The van der Waals surface area contributed by atoms with Crippen molar-refractivity contribution < 1.29 is 14.3 Å². The van der Waals surface area contributed by atoms with Crippen LogP contribution in [0.25, 0.3) is 31.6 Å². The van der Waals surface area contributed by atoms with Gasteiger partial charge in [0.25, 0.3) is 5.91 Å². The van der Waals surface area contributed by atoms with Gasteiger partial charge in [0.1, 0.15) is 10.0 Å². The van der Waals surface area contributed by atoms with E-state index in [-0.39, 0.29) is 12.0 Å². The molecule has 35 heavy (non-hydrogen) atoms. The summed E-state index contributed by atoms with van der Waals surface area (Å²) < 4.78 is 6.03. The van der Waals surface area contributed by atoms with E-state index in [1.54, 1.807) is 16.2 Å². The van der Waals surface area contributed by atoms with Crippen LogP contribution in [0.4, 0.5) is 9.80 Å². The lowest BCUT2D eigenvalue weighted by molar-refractivity contribution is 0.102. The van der Waals surface area contributed by atoms with Crippen LogP contribution >= 0.6 is 22.7 Å². The molecule has 0 bridgehead atoms.